The Kier molecular flexibility index (Phi) is 8.53. The maximum Gasteiger partial charge on any atom is 0.331 e. The molecule has 0 fully saturated rings. The van der Waals surface area contributed by atoms with E-state index in [2.05, 4.69) is 6.58 Å². The molecule has 0 amide bonds. The zero-order chi connectivity index (χ0) is 14.2. The molecule has 7 heteroatoms. The zero-order valence-corrected chi connectivity index (χ0v) is 9.71. The van der Waals surface area contributed by atoms with Gasteiger partial charge in [-0.2, -0.15) is 0 Å². The zero-order valence-electron chi connectivity index (χ0n) is 9.71. The molecule has 0 aliphatic rings. The molecular formula is C10H17NO6. The van der Waals surface area contributed by atoms with Crippen LogP contribution in [0.5, 0.6) is 0 Å². The quantitative estimate of drug-likeness (QED) is 0.507. The van der Waals surface area contributed by atoms with Crippen LogP contribution in [0.2, 0.25) is 0 Å². The lowest BCUT2D eigenvalue weighted by Gasteiger charge is -2.07. The monoisotopic (exact) mass is 247 g/mol. The van der Waals surface area contributed by atoms with Crippen molar-refractivity contribution in [3.8, 4) is 0 Å². The van der Waals surface area contributed by atoms with Crippen LogP contribution in [0.25, 0.3) is 0 Å². The molecule has 0 spiro atoms. The van der Waals surface area contributed by atoms with Crippen molar-refractivity contribution in [2.75, 3.05) is 0 Å². The molecule has 0 heterocycles. The van der Waals surface area contributed by atoms with E-state index < -0.39 is 30.4 Å². The molecule has 0 aromatic heterocycles. The molecule has 0 aromatic rings. The first-order chi connectivity index (χ1) is 7.59. The van der Waals surface area contributed by atoms with E-state index in [1.54, 1.807) is 13.8 Å². The minimum atomic E-state index is -1.27. The van der Waals surface area contributed by atoms with Gasteiger partial charge in [0.25, 0.3) is 0 Å². The fourth-order valence-corrected chi connectivity index (χ4v) is 0.543. The third-order valence-electron chi connectivity index (χ3n) is 1.67. The predicted molar refractivity (Wildman–Crippen MR) is 59.5 cm³/mol. The summed E-state index contributed by atoms with van der Waals surface area (Å²) in [6.45, 7) is 6.57. The van der Waals surface area contributed by atoms with Crippen LogP contribution in [0.1, 0.15) is 20.3 Å². The third kappa shape index (κ3) is 10.4. The van der Waals surface area contributed by atoms with Gasteiger partial charge in [0.2, 0.25) is 0 Å². The van der Waals surface area contributed by atoms with Crippen molar-refractivity contribution in [3.05, 3.63) is 12.2 Å². The first-order valence-electron chi connectivity index (χ1n) is 4.70. The molecule has 0 bridgehead atoms. The number of rotatable bonds is 5. The van der Waals surface area contributed by atoms with Gasteiger partial charge < -0.3 is 21.1 Å². The van der Waals surface area contributed by atoms with Crippen molar-refractivity contribution < 1.29 is 29.7 Å². The fourth-order valence-electron chi connectivity index (χ4n) is 0.543. The van der Waals surface area contributed by atoms with Gasteiger partial charge in [-0.3, -0.25) is 9.59 Å². The summed E-state index contributed by atoms with van der Waals surface area (Å²) >= 11 is 0. The Hall–Kier alpha value is -1.89. The second kappa shape index (κ2) is 8.28. The van der Waals surface area contributed by atoms with Gasteiger partial charge in [-0.05, 0) is 5.92 Å². The van der Waals surface area contributed by atoms with Gasteiger partial charge in [-0.15, -0.1) is 0 Å². The lowest BCUT2D eigenvalue weighted by atomic mass is 10.1. The Balaban J connectivity index is 0. The van der Waals surface area contributed by atoms with Gasteiger partial charge in [0.1, 0.15) is 6.04 Å². The Morgan fingerprint density at radius 3 is 1.65 bits per heavy atom. The number of carboxylic acids is 3. The highest BCUT2D eigenvalue weighted by atomic mass is 16.4. The summed E-state index contributed by atoms with van der Waals surface area (Å²) in [4.78, 5) is 29.7. The minimum absolute atomic E-state index is 0.0208. The average Bonchev–Trinajstić information content (AvgIpc) is 2.15. The molecule has 7 nitrogen and oxygen atoms in total. The van der Waals surface area contributed by atoms with E-state index in [4.69, 9.17) is 21.1 Å². The number of nitrogens with two attached hydrogens (primary N) is 1. The smallest absolute Gasteiger partial charge is 0.331 e. The molecule has 17 heavy (non-hydrogen) atoms. The number of carboxylic acid groups (broad SMARTS) is 3. The van der Waals surface area contributed by atoms with Crippen LogP contribution in [-0.4, -0.2) is 39.3 Å². The van der Waals surface area contributed by atoms with Crippen LogP contribution in [-0.2, 0) is 14.4 Å². The summed E-state index contributed by atoms with van der Waals surface area (Å²) in [5.74, 6) is -3.35. The van der Waals surface area contributed by atoms with Crippen molar-refractivity contribution in [1.82, 2.24) is 0 Å². The molecule has 1 atom stereocenters. The number of aliphatic carboxylic acids is 3. The van der Waals surface area contributed by atoms with Crippen LogP contribution in [0.15, 0.2) is 12.2 Å². The van der Waals surface area contributed by atoms with Gasteiger partial charge in [0, 0.05) is 5.57 Å². The van der Waals surface area contributed by atoms with Crippen LogP contribution in [0.3, 0.4) is 0 Å². The van der Waals surface area contributed by atoms with Crippen molar-refractivity contribution in [3.63, 3.8) is 0 Å². The lowest BCUT2D eigenvalue weighted by Crippen LogP contribution is -2.34. The van der Waals surface area contributed by atoms with E-state index in [9.17, 15) is 14.4 Å². The Bertz CT molecular complexity index is 310. The van der Waals surface area contributed by atoms with Gasteiger partial charge in [-0.25, -0.2) is 4.79 Å². The maximum atomic E-state index is 10.0. The van der Waals surface area contributed by atoms with Crippen molar-refractivity contribution in [1.29, 1.82) is 0 Å². The molecule has 0 aliphatic carbocycles. The summed E-state index contributed by atoms with van der Waals surface area (Å²) in [6.07, 6.45) is -0.505. The van der Waals surface area contributed by atoms with Crippen molar-refractivity contribution in [2.45, 2.75) is 26.3 Å². The van der Waals surface area contributed by atoms with Crippen LogP contribution in [0, 0.1) is 5.92 Å². The molecule has 0 saturated heterocycles. The fraction of sp³-hybridized carbons (Fsp3) is 0.500. The topological polar surface area (TPSA) is 138 Å². The molecular weight excluding hydrogens is 230 g/mol. The molecule has 98 valence electrons. The molecule has 5 N–H and O–H groups in total. The first-order valence-corrected chi connectivity index (χ1v) is 4.70. The highest BCUT2D eigenvalue weighted by Gasteiger charge is 2.14. The van der Waals surface area contributed by atoms with Crippen LogP contribution in [0.4, 0.5) is 0 Å². The van der Waals surface area contributed by atoms with E-state index in [1.807, 2.05) is 0 Å². The van der Waals surface area contributed by atoms with Crippen LogP contribution < -0.4 is 5.73 Å². The molecule has 0 aromatic carbocycles. The Labute approximate surface area is 98.5 Å². The average molecular weight is 247 g/mol. The predicted octanol–water partition coefficient (Wildman–Crippen LogP) is 0.156. The lowest BCUT2D eigenvalue weighted by molar-refractivity contribution is -0.139. The molecule has 0 saturated carbocycles. The molecule has 0 aliphatic heterocycles. The first kappa shape index (κ1) is 17.5. The number of carbonyl (C=O) groups is 3. The Morgan fingerprint density at radius 1 is 1.18 bits per heavy atom. The third-order valence-corrected chi connectivity index (χ3v) is 1.67. The largest absolute Gasteiger partial charge is 0.481 e. The summed E-state index contributed by atoms with van der Waals surface area (Å²) in [5.41, 5.74) is 4.86. The summed E-state index contributed by atoms with van der Waals surface area (Å²) in [7, 11) is 0. The highest BCUT2D eigenvalue weighted by Crippen LogP contribution is 1.96. The second-order valence-electron chi connectivity index (χ2n) is 3.59. The highest BCUT2D eigenvalue weighted by molar-refractivity contribution is 5.91. The van der Waals surface area contributed by atoms with Gasteiger partial charge in [0.05, 0.1) is 6.42 Å². The summed E-state index contributed by atoms with van der Waals surface area (Å²) in [6, 6.07) is -0.713. The Morgan fingerprint density at radius 2 is 1.59 bits per heavy atom. The van der Waals surface area contributed by atoms with E-state index in [1.165, 1.54) is 0 Å². The van der Waals surface area contributed by atoms with E-state index in [-0.39, 0.29) is 11.5 Å². The van der Waals surface area contributed by atoms with Crippen molar-refractivity contribution in [2.24, 2.45) is 11.7 Å². The number of hydrogen-bond acceptors (Lipinski definition) is 4. The van der Waals surface area contributed by atoms with E-state index in [0.717, 1.165) is 0 Å². The van der Waals surface area contributed by atoms with Crippen LogP contribution >= 0.6 is 0 Å². The second-order valence-corrected chi connectivity index (χ2v) is 3.59. The minimum Gasteiger partial charge on any atom is -0.481 e. The summed E-state index contributed by atoms with van der Waals surface area (Å²) < 4.78 is 0. The van der Waals surface area contributed by atoms with Crippen molar-refractivity contribution >= 4 is 17.9 Å². The van der Waals surface area contributed by atoms with Gasteiger partial charge >= 0.3 is 17.9 Å². The summed E-state index contributed by atoms with van der Waals surface area (Å²) in [5, 5.41) is 24.3. The SMILES string of the molecule is C=C(CC(=O)O)C(=O)O.CC(C)[C@H](N)C(=O)O. The number of hydrogen-bond donors (Lipinski definition) is 4. The van der Waals surface area contributed by atoms with Gasteiger partial charge in [0.15, 0.2) is 0 Å². The normalized spacial score (nSPS) is 11.1. The molecule has 0 rings (SSSR count). The standard InChI is InChI=1S/C5H11NO2.C5H6O4/c1-3(2)4(6)5(7)8;1-3(5(8)9)2-4(6)7/h3-4H,6H2,1-2H3,(H,7,8);1-2H2,(H,6,7)(H,8,9)/t4-;/m0./s1. The molecule has 0 unspecified atom stereocenters. The van der Waals surface area contributed by atoms with E-state index >= 15 is 0 Å². The maximum absolute atomic E-state index is 10.0. The molecule has 0 radical (unpaired) electrons. The van der Waals surface area contributed by atoms with Gasteiger partial charge in [-0.1, -0.05) is 20.4 Å². The van der Waals surface area contributed by atoms with E-state index in [0.29, 0.717) is 0 Å².